The molecule has 251 valence electrons. The average Bonchev–Trinajstić information content (AvgIpc) is 3.80. The molecule has 0 spiro atoms. The van der Waals surface area contributed by atoms with Gasteiger partial charge in [0.05, 0.1) is 13.7 Å². The van der Waals surface area contributed by atoms with Crippen LogP contribution in [0.3, 0.4) is 0 Å². The first kappa shape index (κ1) is 27.4. The number of hydrogen-bond donors (Lipinski definition) is 0. The maximum absolute atomic E-state index is 8.90. The second-order valence-electron chi connectivity index (χ2n) is 14.3. The molecule has 4 aromatic heterocycles. The van der Waals surface area contributed by atoms with Gasteiger partial charge in [-0.25, -0.2) is 4.98 Å². The first-order valence-electron chi connectivity index (χ1n) is 19.9. The fourth-order valence-corrected chi connectivity index (χ4v) is 7.46. The molecule has 6 heteroatoms. The van der Waals surface area contributed by atoms with Crippen LogP contribution in [0.1, 0.15) is 72.9 Å². The SMILES string of the molecule is [2H]C([2H])([2H])c1ccc2c(n1)oc1c(-c3cc(C([2H])([2H])C(C)(C)C)ccn3)[c-]ccc12.[2H]C([2H])(c1cc(-c2[c-]cccc2)ncc1[Si](C)(C)C)C1CCCC1.[Ir]. The zero-order valence-corrected chi connectivity index (χ0v) is 31.9. The van der Waals surface area contributed by atoms with E-state index in [0.717, 1.165) is 53.1 Å². The van der Waals surface area contributed by atoms with E-state index in [1.165, 1.54) is 6.07 Å². The summed E-state index contributed by atoms with van der Waals surface area (Å²) in [5.41, 5.74) is 4.35. The van der Waals surface area contributed by atoms with E-state index in [0.29, 0.717) is 27.8 Å². The van der Waals surface area contributed by atoms with Gasteiger partial charge in [0.2, 0.25) is 5.71 Å². The zero-order chi connectivity index (χ0) is 39.3. The average molecular weight is 837 g/mol. The van der Waals surface area contributed by atoms with Gasteiger partial charge in [-0.3, -0.25) is 0 Å². The molecule has 1 aliphatic rings. The quantitative estimate of drug-likeness (QED) is 0.124. The molecule has 0 N–H and O–H groups in total. The Morgan fingerprint density at radius 1 is 0.938 bits per heavy atom. The third-order valence-electron chi connectivity index (χ3n) is 8.25. The standard InChI is InChI=1S/C22H21N2O.C20H26NSi.Ir/c1-14-8-9-17-16-6-5-7-18(20(16)25-21(17)24-14)19-12-15(10-11-23-19)13-22(2,3)4;1-22(2,3)20-15-21-19(17-11-5-4-6-12-17)14-18(20)13-16-9-7-8-10-16;/h5-6,8-12H,13H2,1-4H3;4-6,11,14-16H,7-10,13H2,1-3H3;/q2*-1;/i1D3,13D2;13D2;. The fraction of sp³-hybridized carbons (Fsp3) is 0.357. The van der Waals surface area contributed by atoms with Crippen molar-refractivity contribution in [2.45, 2.75) is 85.7 Å². The molecule has 6 aromatic rings. The molecule has 0 bridgehead atoms. The van der Waals surface area contributed by atoms with Crippen LogP contribution in [0, 0.1) is 30.3 Å². The van der Waals surface area contributed by atoms with E-state index in [1.54, 1.807) is 30.5 Å². The minimum atomic E-state index is -2.32. The second kappa shape index (κ2) is 15.0. The van der Waals surface area contributed by atoms with Gasteiger partial charge < -0.3 is 14.4 Å². The maximum Gasteiger partial charge on any atom is 0.216 e. The van der Waals surface area contributed by atoms with Gasteiger partial charge in [-0.05, 0) is 65.7 Å². The summed E-state index contributed by atoms with van der Waals surface area (Å²) in [6, 6.07) is 26.3. The molecule has 0 aliphatic heterocycles. The molecule has 1 saturated carbocycles. The zero-order valence-electron chi connectivity index (χ0n) is 35.5. The van der Waals surface area contributed by atoms with E-state index in [1.807, 2.05) is 63.4 Å². The van der Waals surface area contributed by atoms with Crippen molar-refractivity contribution in [2.24, 2.45) is 11.3 Å². The second-order valence-corrected chi connectivity index (χ2v) is 19.4. The van der Waals surface area contributed by atoms with Crippen LogP contribution >= 0.6 is 0 Å². The van der Waals surface area contributed by atoms with Crippen molar-refractivity contribution in [3.63, 3.8) is 0 Å². The van der Waals surface area contributed by atoms with Crippen molar-refractivity contribution in [2.75, 3.05) is 0 Å². The Morgan fingerprint density at radius 2 is 1.75 bits per heavy atom. The Morgan fingerprint density at radius 3 is 2.46 bits per heavy atom. The Kier molecular flexibility index (Phi) is 8.55. The van der Waals surface area contributed by atoms with E-state index < -0.39 is 33.1 Å². The number of pyridine rings is 3. The summed E-state index contributed by atoms with van der Waals surface area (Å²) in [5, 5.41) is 2.63. The number of fused-ring (bicyclic) bond motifs is 3. The molecule has 0 amide bonds. The van der Waals surface area contributed by atoms with Crippen LogP contribution in [0.15, 0.2) is 83.5 Å². The summed E-state index contributed by atoms with van der Waals surface area (Å²) in [6.45, 7) is 10.1. The molecule has 0 unspecified atom stereocenters. The number of nitrogens with zero attached hydrogens (tertiary/aromatic N) is 3. The normalized spacial score (nSPS) is 16.8. The topological polar surface area (TPSA) is 51.8 Å². The molecule has 4 nitrogen and oxygen atoms in total. The number of benzene rings is 2. The van der Waals surface area contributed by atoms with Crippen LogP contribution in [-0.2, 0) is 32.9 Å². The van der Waals surface area contributed by atoms with Crippen LogP contribution in [0.25, 0.3) is 44.6 Å². The number of aryl methyl sites for hydroxylation is 1. The van der Waals surface area contributed by atoms with Crippen LogP contribution in [-0.4, -0.2) is 23.0 Å². The van der Waals surface area contributed by atoms with Crippen molar-refractivity contribution < 1.29 is 34.1 Å². The molecular formula is C42H47IrN3OSi-2. The van der Waals surface area contributed by atoms with E-state index in [4.69, 9.17) is 14.0 Å². The third kappa shape index (κ3) is 8.58. The Labute approximate surface area is 311 Å². The monoisotopic (exact) mass is 837 g/mol. The van der Waals surface area contributed by atoms with Crippen molar-refractivity contribution in [1.29, 1.82) is 0 Å². The summed E-state index contributed by atoms with van der Waals surface area (Å²) < 4.78 is 63.5. The van der Waals surface area contributed by atoms with E-state index in [2.05, 4.69) is 46.7 Å². The minimum Gasteiger partial charge on any atom is -0.486 e. The predicted molar refractivity (Wildman–Crippen MR) is 199 cm³/mol. The minimum absolute atomic E-state index is 0. The molecular weight excluding hydrogens is 783 g/mol. The number of rotatable bonds is 6. The van der Waals surface area contributed by atoms with Crippen molar-refractivity contribution >= 4 is 35.3 Å². The summed E-state index contributed by atoms with van der Waals surface area (Å²) >= 11 is 0. The van der Waals surface area contributed by atoms with Gasteiger partial charge in [0, 0.05) is 53.2 Å². The maximum atomic E-state index is 8.90. The summed E-state index contributed by atoms with van der Waals surface area (Å²) in [5.74, 6) is 0.127. The van der Waals surface area contributed by atoms with Crippen LogP contribution in [0.4, 0.5) is 0 Å². The molecule has 0 atom stereocenters. The molecule has 1 aliphatic carbocycles. The molecule has 7 rings (SSSR count). The summed E-state index contributed by atoms with van der Waals surface area (Å²) in [6.07, 6.45) is 4.95. The Balaban J connectivity index is 0.000000212. The molecule has 4 heterocycles. The van der Waals surface area contributed by atoms with Crippen molar-refractivity contribution in [1.82, 2.24) is 15.0 Å². The van der Waals surface area contributed by atoms with Gasteiger partial charge in [-0.15, -0.1) is 54.1 Å². The van der Waals surface area contributed by atoms with Crippen molar-refractivity contribution in [3.05, 3.63) is 108 Å². The Hall–Kier alpha value is -3.44. The van der Waals surface area contributed by atoms with Gasteiger partial charge in [0.15, 0.2) is 0 Å². The molecule has 48 heavy (non-hydrogen) atoms. The van der Waals surface area contributed by atoms with Gasteiger partial charge in [-0.1, -0.05) is 100 Å². The smallest absolute Gasteiger partial charge is 0.216 e. The summed E-state index contributed by atoms with van der Waals surface area (Å²) in [4.78, 5) is 13.3. The first-order chi connectivity index (χ1) is 25.2. The van der Waals surface area contributed by atoms with E-state index >= 15 is 0 Å². The number of aromatic nitrogens is 3. The van der Waals surface area contributed by atoms with Crippen molar-refractivity contribution in [3.8, 4) is 22.5 Å². The van der Waals surface area contributed by atoms with Gasteiger partial charge >= 0.3 is 0 Å². The third-order valence-corrected chi connectivity index (χ3v) is 10.3. The van der Waals surface area contributed by atoms with Crippen LogP contribution in [0.2, 0.25) is 19.6 Å². The van der Waals surface area contributed by atoms with Gasteiger partial charge in [0.25, 0.3) is 0 Å². The molecule has 0 saturated heterocycles. The van der Waals surface area contributed by atoms with Crippen LogP contribution in [0.5, 0.6) is 0 Å². The first-order valence-corrected chi connectivity index (χ1v) is 19.9. The number of hydrogen-bond acceptors (Lipinski definition) is 4. The fourth-order valence-electron chi connectivity index (χ4n) is 6.05. The Bertz CT molecular complexity index is 2270. The van der Waals surface area contributed by atoms with Gasteiger partial charge in [0.1, 0.15) is 0 Å². The van der Waals surface area contributed by atoms with Gasteiger partial charge in [-0.2, -0.15) is 0 Å². The van der Waals surface area contributed by atoms with Crippen LogP contribution < -0.4 is 5.19 Å². The number of furan rings is 1. The summed E-state index contributed by atoms with van der Waals surface area (Å²) in [7, 11) is -1.68. The molecule has 2 aromatic carbocycles. The van der Waals surface area contributed by atoms with E-state index in [-0.39, 0.29) is 37.4 Å². The van der Waals surface area contributed by atoms with E-state index in [9.17, 15) is 0 Å². The molecule has 1 radical (unpaired) electrons. The predicted octanol–water partition coefficient (Wildman–Crippen LogP) is 10.6. The molecule has 1 fully saturated rings. The largest absolute Gasteiger partial charge is 0.486 e.